The van der Waals surface area contributed by atoms with Crippen LogP contribution in [0.2, 0.25) is 0 Å². The Hall–Kier alpha value is -1.79. The van der Waals surface area contributed by atoms with E-state index in [2.05, 4.69) is 21.4 Å². The lowest BCUT2D eigenvalue weighted by Crippen LogP contribution is -2.05. The first kappa shape index (κ1) is 14.6. The summed E-state index contributed by atoms with van der Waals surface area (Å²) < 4.78 is 5.31. The van der Waals surface area contributed by atoms with Gasteiger partial charge in [0.2, 0.25) is 0 Å². The van der Waals surface area contributed by atoms with E-state index < -0.39 is 0 Å². The van der Waals surface area contributed by atoms with Crippen molar-refractivity contribution in [1.82, 2.24) is 9.97 Å². The van der Waals surface area contributed by atoms with Gasteiger partial charge >= 0.3 is 0 Å². The van der Waals surface area contributed by atoms with Gasteiger partial charge in [-0.2, -0.15) is 0 Å². The van der Waals surface area contributed by atoms with Crippen LogP contribution in [-0.2, 0) is 11.3 Å². The van der Waals surface area contributed by atoms with Crippen molar-refractivity contribution >= 4 is 29.1 Å². The van der Waals surface area contributed by atoms with Gasteiger partial charge in [0.15, 0.2) is 5.82 Å². The molecular formula is C14H18N4OS. The second-order valence-corrected chi connectivity index (χ2v) is 4.90. The van der Waals surface area contributed by atoms with E-state index >= 15 is 0 Å². The SMILES string of the molecule is CCOCc1nc(N)cc(Nc2ccccc2SC)n1. The lowest BCUT2D eigenvalue weighted by Gasteiger charge is -2.11. The maximum atomic E-state index is 5.80. The van der Waals surface area contributed by atoms with Crippen LogP contribution in [0.1, 0.15) is 12.7 Å². The summed E-state index contributed by atoms with van der Waals surface area (Å²) >= 11 is 1.68. The Morgan fingerprint density at radius 3 is 2.85 bits per heavy atom. The molecule has 0 amide bonds. The number of aromatic nitrogens is 2. The monoisotopic (exact) mass is 290 g/mol. The Morgan fingerprint density at radius 2 is 2.10 bits per heavy atom. The van der Waals surface area contributed by atoms with E-state index in [4.69, 9.17) is 10.5 Å². The largest absolute Gasteiger partial charge is 0.384 e. The van der Waals surface area contributed by atoms with Crippen LogP contribution in [0, 0.1) is 0 Å². The smallest absolute Gasteiger partial charge is 0.158 e. The van der Waals surface area contributed by atoms with E-state index in [0.717, 1.165) is 10.6 Å². The van der Waals surface area contributed by atoms with Crippen LogP contribution in [-0.4, -0.2) is 22.8 Å². The van der Waals surface area contributed by atoms with Crippen molar-refractivity contribution < 1.29 is 4.74 Å². The van der Waals surface area contributed by atoms with Crippen molar-refractivity contribution in [2.24, 2.45) is 0 Å². The van der Waals surface area contributed by atoms with Crippen LogP contribution in [0.3, 0.4) is 0 Å². The molecule has 3 N–H and O–H groups in total. The second-order valence-electron chi connectivity index (χ2n) is 4.06. The Morgan fingerprint density at radius 1 is 1.30 bits per heavy atom. The number of rotatable bonds is 6. The molecular weight excluding hydrogens is 272 g/mol. The fraction of sp³-hybridized carbons (Fsp3) is 0.286. The number of hydrogen-bond acceptors (Lipinski definition) is 6. The van der Waals surface area contributed by atoms with E-state index in [-0.39, 0.29) is 0 Å². The minimum absolute atomic E-state index is 0.362. The lowest BCUT2D eigenvalue weighted by molar-refractivity contribution is 0.128. The minimum atomic E-state index is 0.362. The maximum Gasteiger partial charge on any atom is 0.158 e. The summed E-state index contributed by atoms with van der Waals surface area (Å²) in [5.74, 6) is 1.68. The van der Waals surface area contributed by atoms with Gasteiger partial charge in [-0.3, -0.25) is 0 Å². The molecule has 5 nitrogen and oxygen atoms in total. The summed E-state index contributed by atoms with van der Waals surface area (Å²) in [6, 6.07) is 9.76. The Labute approximate surface area is 123 Å². The van der Waals surface area contributed by atoms with Crippen molar-refractivity contribution in [2.75, 3.05) is 23.9 Å². The third-order valence-electron chi connectivity index (χ3n) is 2.60. The number of benzene rings is 1. The Kier molecular flexibility index (Phi) is 5.20. The molecule has 0 unspecified atom stereocenters. The van der Waals surface area contributed by atoms with Gasteiger partial charge in [-0.1, -0.05) is 12.1 Å². The molecule has 2 rings (SSSR count). The van der Waals surface area contributed by atoms with Crippen molar-refractivity contribution in [1.29, 1.82) is 0 Å². The number of para-hydroxylation sites is 1. The zero-order valence-corrected chi connectivity index (χ0v) is 12.4. The normalized spacial score (nSPS) is 10.5. The third kappa shape index (κ3) is 3.85. The van der Waals surface area contributed by atoms with Crippen LogP contribution < -0.4 is 11.1 Å². The molecule has 0 spiro atoms. The van der Waals surface area contributed by atoms with Gasteiger partial charge in [-0.05, 0) is 25.3 Å². The standard InChI is InChI=1S/C14H18N4OS/c1-3-19-9-14-17-12(15)8-13(18-14)16-10-6-4-5-7-11(10)20-2/h4-8H,3,9H2,1-2H3,(H3,15,16,17,18). The quantitative estimate of drug-likeness (QED) is 0.797. The molecule has 1 aromatic carbocycles. The van der Waals surface area contributed by atoms with Gasteiger partial charge in [0.05, 0.1) is 5.69 Å². The van der Waals surface area contributed by atoms with E-state index in [1.54, 1.807) is 17.8 Å². The summed E-state index contributed by atoms with van der Waals surface area (Å²) in [6.45, 7) is 2.91. The summed E-state index contributed by atoms with van der Waals surface area (Å²) in [5, 5.41) is 3.27. The van der Waals surface area contributed by atoms with Crippen LogP contribution in [0.5, 0.6) is 0 Å². The molecule has 0 aliphatic carbocycles. The first-order valence-electron chi connectivity index (χ1n) is 6.34. The topological polar surface area (TPSA) is 73.1 Å². The Balaban J connectivity index is 2.22. The fourth-order valence-corrected chi connectivity index (χ4v) is 2.28. The van der Waals surface area contributed by atoms with Crippen LogP contribution >= 0.6 is 11.8 Å². The van der Waals surface area contributed by atoms with Crippen LogP contribution in [0.15, 0.2) is 35.2 Å². The number of nitrogens with zero attached hydrogens (tertiary/aromatic N) is 2. The molecule has 20 heavy (non-hydrogen) atoms. The van der Waals surface area contributed by atoms with E-state index in [0.29, 0.717) is 30.7 Å². The van der Waals surface area contributed by atoms with E-state index in [9.17, 15) is 0 Å². The van der Waals surface area contributed by atoms with Gasteiger partial charge in [0.1, 0.15) is 18.2 Å². The average molecular weight is 290 g/mol. The molecule has 0 fully saturated rings. The number of anilines is 3. The van der Waals surface area contributed by atoms with Gasteiger partial charge < -0.3 is 15.8 Å². The first-order chi connectivity index (χ1) is 9.72. The number of hydrogen-bond donors (Lipinski definition) is 2. The maximum absolute atomic E-state index is 5.80. The Bertz CT molecular complexity index is 577. The lowest BCUT2D eigenvalue weighted by atomic mass is 10.3. The predicted octanol–water partition coefficient (Wildman–Crippen LogP) is 3.06. The average Bonchev–Trinajstić information content (AvgIpc) is 2.45. The summed E-state index contributed by atoms with van der Waals surface area (Å²) in [4.78, 5) is 9.71. The van der Waals surface area contributed by atoms with E-state index in [1.165, 1.54) is 0 Å². The molecule has 0 atom stereocenters. The number of nitrogen functional groups attached to an aromatic ring is 1. The molecule has 0 bridgehead atoms. The number of ether oxygens (including phenoxy) is 1. The highest BCUT2D eigenvalue weighted by molar-refractivity contribution is 7.98. The second kappa shape index (κ2) is 7.12. The molecule has 0 saturated carbocycles. The van der Waals surface area contributed by atoms with Gasteiger partial charge in [-0.25, -0.2) is 9.97 Å². The molecule has 2 aromatic rings. The molecule has 106 valence electrons. The fourth-order valence-electron chi connectivity index (χ4n) is 1.73. The molecule has 0 aliphatic heterocycles. The molecule has 0 radical (unpaired) electrons. The highest BCUT2D eigenvalue weighted by Crippen LogP contribution is 2.27. The summed E-state index contributed by atoms with van der Waals surface area (Å²) in [5.41, 5.74) is 6.80. The van der Waals surface area contributed by atoms with Crippen molar-refractivity contribution in [3.8, 4) is 0 Å². The number of nitrogens with two attached hydrogens (primary N) is 1. The molecule has 0 saturated heterocycles. The third-order valence-corrected chi connectivity index (χ3v) is 3.39. The van der Waals surface area contributed by atoms with Gasteiger partial charge in [-0.15, -0.1) is 11.8 Å². The van der Waals surface area contributed by atoms with E-state index in [1.807, 2.05) is 31.4 Å². The zero-order chi connectivity index (χ0) is 14.4. The van der Waals surface area contributed by atoms with Crippen LogP contribution in [0.25, 0.3) is 0 Å². The molecule has 1 heterocycles. The molecule has 1 aromatic heterocycles. The number of thioether (sulfide) groups is 1. The van der Waals surface area contributed by atoms with Gasteiger partial charge in [0.25, 0.3) is 0 Å². The van der Waals surface area contributed by atoms with Gasteiger partial charge in [0, 0.05) is 17.6 Å². The zero-order valence-electron chi connectivity index (χ0n) is 11.6. The predicted molar refractivity (Wildman–Crippen MR) is 83.3 cm³/mol. The molecule has 0 aliphatic rings. The highest BCUT2D eigenvalue weighted by Gasteiger charge is 2.05. The summed E-state index contributed by atoms with van der Waals surface area (Å²) in [6.07, 6.45) is 2.04. The van der Waals surface area contributed by atoms with Crippen molar-refractivity contribution in [2.45, 2.75) is 18.4 Å². The molecule has 6 heteroatoms. The van der Waals surface area contributed by atoms with Crippen molar-refractivity contribution in [3.63, 3.8) is 0 Å². The number of nitrogens with one attached hydrogen (secondary N) is 1. The summed E-state index contributed by atoms with van der Waals surface area (Å²) in [7, 11) is 0. The first-order valence-corrected chi connectivity index (χ1v) is 7.56. The van der Waals surface area contributed by atoms with Crippen molar-refractivity contribution in [3.05, 3.63) is 36.2 Å². The highest BCUT2D eigenvalue weighted by atomic mass is 32.2. The minimum Gasteiger partial charge on any atom is -0.384 e. The van der Waals surface area contributed by atoms with Crippen LogP contribution in [0.4, 0.5) is 17.3 Å².